The van der Waals surface area contributed by atoms with Crippen LogP contribution in [0.1, 0.15) is 45.4 Å². The maximum Gasteiger partial charge on any atom is 0.183 e. The van der Waals surface area contributed by atoms with Gasteiger partial charge < -0.3 is 9.42 Å². The molecule has 0 saturated heterocycles. The number of hydrogen-bond acceptors (Lipinski definition) is 2. The molecule has 0 amide bonds. The molecule has 0 bridgehead atoms. The minimum atomic E-state index is -2.39. The summed E-state index contributed by atoms with van der Waals surface area (Å²) in [5, 5.41) is 0. The van der Waals surface area contributed by atoms with E-state index in [-0.39, 0.29) is 0 Å². The summed E-state index contributed by atoms with van der Waals surface area (Å²) in [7, 11) is 0. The fraction of sp³-hybridized carbons (Fsp3) is 1.00. The van der Waals surface area contributed by atoms with Crippen molar-refractivity contribution in [3.8, 4) is 0 Å². The van der Waals surface area contributed by atoms with E-state index in [0.29, 0.717) is 6.61 Å². The van der Waals surface area contributed by atoms with Crippen LogP contribution >= 0.6 is 6.49 Å². The van der Waals surface area contributed by atoms with E-state index in [1.165, 1.54) is 32.1 Å². The summed E-state index contributed by atoms with van der Waals surface area (Å²) < 4.78 is 5.12. The second kappa shape index (κ2) is 7.93. The highest BCUT2D eigenvalue weighted by Crippen LogP contribution is 2.37. The van der Waals surface area contributed by atoms with E-state index in [0.717, 1.165) is 6.42 Å². The van der Waals surface area contributed by atoms with Crippen LogP contribution < -0.4 is 0 Å². The minimum absolute atomic E-state index is 0.621. The summed E-state index contributed by atoms with van der Waals surface area (Å²) in [6.07, 6.45) is 7.41. The van der Waals surface area contributed by atoms with Crippen LogP contribution in [0.4, 0.5) is 0 Å². The maximum absolute atomic E-state index is 9.16. The molecule has 0 radical (unpaired) electrons. The average Bonchev–Trinajstić information content (AvgIpc) is 2.01. The molecule has 0 aliphatic rings. The molecule has 0 aromatic carbocycles. The Hall–Kier alpha value is 0.570. The average molecular weight is 224 g/mol. The van der Waals surface area contributed by atoms with Crippen molar-refractivity contribution in [2.75, 3.05) is 13.3 Å². The van der Waals surface area contributed by atoms with E-state index in [1.807, 2.05) is 0 Å². The largest absolute Gasteiger partial charge is 0.345 e. The van der Waals surface area contributed by atoms with E-state index >= 15 is 0 Å². The van der Waals surface area contributed by atoms with Crippen LogP contribution in [0.5, 0.6) is 0 Å². The molecule has 1 unspecified atom stereocenters. The Labute approximate surface area is 86.9 Å². The first-order valence-electron chi connectivity index (χ1n) is 5.01. The van der Waals surface area contributed by atoms with Gasteiger partial charge in [0.25, 0.3) is 0 Å². The van der Waals surface area contributed by atoms with Gasteiger partial charge in [-0.05, 0) is 18.2 Å². The lowest BCUT2D eigenvalue weighted by Gasteiger charge is -2.09. The zero-order valence-electron chi connectivity index (χ0n) is 8.66. The van der Waals surface area contributed by atoms with Crippen molar-refractivity contribution >= 4 is 18.3 Å². The quantitative estimate of drug-likeness (QED) is 0.506. The predicted molar refractivity (Wildman–Crippen MR) is 61.8 cm³/mol. The first-order valence-corrected chi connectivity index (χ1v) is 8.13. The summed E-state index contributed by atoms with van der Waals surface area (Å²) in [4.78, 5) is 9.16. The monoisotopic (exact) mass is 224 g/mol. The fourth-order valence-electron chi connectivity index (χ4n) is 1.12. The van der Waals surface area contributed by atoms with Gasteiger partial charge in [-0.15, -0.1) is 0 Å². The molecular weight excluding hydrogens is 203 g/mol. The van der Waals surface area contributed by atoms with E-state index in [9.17, 15) is 0 Å². The number of rotatable bonds is 8. The Morgan fingerprint density at radius 3 is 2.23 bits per heavy atom. The molecule has 0 saturated carbocycles. The lowest BCUT2D eigenvalue weighted by Crippen LogP contribution is -1.91. The van der Waals surface area contributed by atoms with Gasteiger partial charge >= 0.3 is 0 Å². The second-order valence-electron chi connectivity index (χ2n) is 3.40. The smallest absolute Gasteiger partial charge is 0.183 e. The molecule has 13 heavy (non-hydrogen) atoms. The summed E-state index contributed by atoms with van der Waals surface area (Å²) in [6.45, 7) is 2.03. The lowest BCUT2D eigenvalue weighted by atomic mass is 10.1. The minimum Gasteiger partial charge on any atom is -0.345 e. The molecule has 0 fully saturated rings. The Kier molecular flexibility index (Phi) is 8.27. The lowest BCUT2D eigenvalue weighted by molar-refractivity contribution is 0.300. The molecule has 80 valence electrons. The molecular formula is C9H21O2PS. The number of unbranched alkanes of at least 4 members (excludes halogenated alkanes) is 5. The molecule has 0 rings (SSSR count). The van der Waals surface area contributed by atoms with Crippen molar-refractivity contribution in [3.63, 3.8) is 0 Å². The summed E-state index contributed by atoms with van der Waals surface area (Å²) in [5.41, 5.74) is 0. The Morgan fingerprint density at radius 1 is 1.15 bits per heavy atom. The molecule has 0 aromatic rings. The standard InChI is InChI=1S/C9H21O2PS/c1-3-4-5-6-7-8-9-11-12(2,10)13/h3-9H2,1-2H3,(H,10,13). The van der Waals surface area contributed by atoms with E-state index in [1.54, 1.807) is 6.66 Å². The first-order chi connectivity index (χ1) is 6.06. The van der Waals surface area contributed by atoms with Crippen LogP contribution in [0, 0.1) is 0 Å². The Morgan fingerprint density at radius 2 is 1.69 bits per heavy atom. The van der Waals surface area contributed by atoms with Crippen LogP contribution in [0.15, 0.2) is 0 Å². The summed E-state index contributed by atoms with van der Waals surface area (Å²) >= 11 is 4.75. The topological polar surface area (TPSA) is 29.5 Å². The molecule has 0 aliphatic heterocycles. The van der Waals surface area contributed by atoms with Gasteiger partial charge in [-0.1, -0.05) is 39.0 Å². The van der Waals surface area contributed by atoms with E-state index < -0.39 is 6.49 Å². The third kappa shape index (κ3) is 12.6. The van der Waals surface area contributed by atoms with Gasteiger partial charge in [0.05, 0.1) is 6.61 Å². The fourth-order valence-corrected chi connectivity index (χ4v) is 1.81. The zero-order valence-corrected chi connectivity index (χ0v) is 10.4. The summed E-state index contributed by atoms with van der Waals surface area (Å²) in [5.74, 6) is 0. The number of hydrogen-bond donors (Lipinski definition) is 1. The molecule has 0 heterocycles. The van der Waals surface area contributed by atoms with Gasteiger partial charge in [0.1, 0.15) is 0 Å². The molecule has 0 aliphatic carbocycles. The van der Waals surface area contributed by atoms with Gasteiger partial charge in [0, 0.05) is 6.66 Å². The molecule has 1 N–H and O–H groups in total. The van der Waals surface area contributed by atoms with Crippen molar-refractivity contribution in [1.29, 1.82) is 0 Å². The van der Waals surface area contributed by atoms with Crippen molar-refractivity contribution in [2.45, 2.75) is 45.4 Å². The van der Waals surface area contributed by atoms with E-state index in [4.69, 9.17) is 21.2 Å². The summed E-state index contributed by atoms with van der Waals surface area (Å²) in [6, 6.07) is 0. The Bertz CT molecular complexity index is 156. The maximum atomic E-state index is 9.16. The van der Waals surface area contributed by atoms with Crippen molar-refractivity contribution < 1.29 is 9.42 Å². The highest BCUT2D eigenvalue weighted by atomic mass is 32.5. The molecule has 1 atom stereocenters. The molecule has 0 aromatic heterocycles. The van der Waals surface area contributed by atoms with Crippen LogP contribution in [0.25, 0.3) is 0 Å². The van der Waals surface area contributed by atoms with Crippen LogP contribution in [0.2, 0.25) is 0 Å². The van der Waals surface area contributed by atoms with Crippen LogP contribution in [-0.4, -0.2) is 18.2 Å². The third-order valence-electron chi connectivity index (χ3n) is 1.83. The van der Waals surface area contributed by atoms with Crippen molar-refractivity contribution in [1.82, 2.24) is 0 Å². The van der Waals surface area contributed by atoms with Crippen molar-refractivity contribution in [2.24, 2.45) is 0 Å². The van der Waals surface area contributed by atoms with Gasteiger partial charge in [0.15, 0.2) is 6.49 Å². The molecule has 4 heteroatoms. The Balaban J connectivity index is 3.04. The SMILES string of the molecule is CCCCCCCCOP(C)(O)=S. The zero-order chi connectivity index (χ0) is 10.2. The van der Waals surface area contributed by atoms with Gasteiger partial charge in [-0.2, -0.15) is 0 Å². The normalized spacial score (nSPS) is 15.6. The van der Waals surface area contributed by atoms with Crippen LogP contribution in [-0.2, 0) is 16.3 Å². The highest BCUT2D eigenvalue weighted by molar-refractivity contribution is 8.09. The molecule has 2 nitrogen and oxygen atoms in total. The van der Waals surface area contributed by atoms with Crippen molar-refractivity contribution in [3.05, 3.63) is 0 Å². The second-order valence-corrected chi connectivity index (χ2v) is 7.30. The third-order valence-corrected chi connectivity index (χ3v) is 2.81. The van der Waals surface area contributed by atoms with Crippen LogP contribution in [0.3, 0.4) is 0 Å². The van der Waals surface area contributed by atoms with Gasteiger partial charge in [-0.25, -0.2) is 0 Å². The van der Waals surface area contributed by atoms with Gasteiger partial charge in [-0.3, -0.25) is 0 Å². The molecule has 0 spiro atoms. The van der Waals surface area contributed by atoms with E-state index in [2.05, 4.69) is 6.92 Å². The predicted octanol–water partition coefficient (Wildman–Crippen LogP) is 3.30. The van der Waals surface area contributed by atoms with Gasteiger partial charge in [0.2, 0.25) is 0 Å². The highest BCUT2D eigenvalue weighted by Gasteiger charge is 2.02. The first kappa shape index (κ1) is 13.6.